The molecule has 0 saturated carbocycles. The first-order valence-electron chi connectivity index (χ1n) is 6.99. The lowest BCUT2D eigenvalue weighted by Crippen LogP contribution is -2.11. The molecule has 25 heavy (non-hydrogen) atoms. The highest BCUT2D eigenvalue weighted by atomic mass is 79.9. The van der Waals surface area contributed by atoms with Gasteiger partial charge in [-0.1, -0.05) is 17.7 Å². The summed E-state index contributed by atoms with van der Waals surface area (Å²) in [6, 6.07) is 8.79. The molecule has 0 aliphatic rings. The normalized spacial score (nSPS) is 10.3. The molecule has 2 heterocycles. The van der Waals surface area contributed by atoms with Gasteiger partial charge >= 0.3 is 6.01 Å². The van der Waals surface area contributed by atoms with E-state index in [1.165, 1.54) is 12.3 Å². The lowest BCUT2D eigenvalue weighted by Gasteiger charge is -2.10. The molecular weight excluding hydrogens is 410 g/mol. The molecule has 2 aromatic heterocycles. The Morgan fingerprint density at radius 2 is 1.92 bits per heavy atom. The molecule has 1 amide bonds. The van der Waals surface area contributed by atoms with Crippen molar-refractivity contribution in [3.63, 3.8) is 0 Å². The van der Waals surface area contributed by atoms with Gasteiger partial charge in [-0.3, -0.25) is 4.79 Å². The molecule has 7 nitrogen and oxygen atoms in total. The van der Waals surface area contributed by atoms with Gasteiger partial charge in [0.2, 0.25) is 5.91 Å². The van der Waals surface area contributed by atoms with E-state index in [4.69, 9.17) is 22.1 Å². The van der Waals surface area contributed by atoms with Crippen LogP contribution in [0.15, 0.2) is 53.4 Å². The number of nitrogens with two attached hydrogens (primary N) is 1. The van der Waals surface area contributed by atoms with Gasteiger partial charge in [0.25, 0.3) is 0 Å². The minimum atomic E-state index is -0.592. The standard InChI is InChI=1S/C16H11BrClN5O2/c17-10-7-21-16(22-8-10)25-12-3-1-2-11(5-12)23-15-13(18)4-9(6-20-15)14(19)24/h1-8H,(H2,19,24)(H,20,23). The van der Waals surface area contributed by atoms with Gasteiger partial charge in [0.15, 0.2) is 0 Å². The van der Waals surface area contributed by atoms with Crippen LogP contribution < -0.4 is 15.8 Å². The van der Waals surface area contributed by atoms with E-state index >= 15 is 0 Å². The summed E-state index contributed by atoms with van der Waals surface area (Å²) in [7, 11) is 0. The van der Waals surface area contributed by atoms with Crippen LogP contribution in [0.5, 0.6) is 11.8 Å². The summed E-state index contributed by atoms with van der Waals surface area (Å²) >= 11 is 9.38. The number of hydrogen-bond acceptors (Lipinski definition) is 6. The number of benzene rings is 1. The highest BCUT2D eigenvalue weighted by molar-refractivity contribution is 9.10. The molecule has 0 spiro atoms. The van der Waals surface area contributed by atoms with Crippen molar-refractivity contribution in [1.29, 1.82) is 0 Å². The molecule has 9 heteroatoms. The van der Waals surface area contributed by atoms with E-state index in [0.29, 0.717) is 17.3 Å². The number of anilines is 2. The summed E-state index contributed by atoms with van der Waals surface area (Å²) in [6.45, 7) is 0. The Morgan fingerprint density at radius 1 is 1.16 bits per heavy atom. The van der Waals surface area contributed by atoms with E-state index < -0.39 is 5.91 Å². The lowest BCUT2D eigenvalue weighted by molar-refractivity contribution is 0.1000. The monoisotopic (exact) mass is 419 g/mol. The molecule has 0 aliphatic carbocycles. The number of pyridine rings is 1. The van der Waals surface area contributed by atoms with Crippen LogP contribution in [-0.2, 0) is 0 Å². The van der Waals surface area contributed by atoms with Gasteiger partial charge in [0, 0.05) is 30.3 Å². The van der Waals surface area contributed by atoms with E-state index in [-0.39, 0.29) is 16.6 Å². The number of nitrogens with one attached hydrogen (secondary N) is 1. The molecule has 0 radical (unpaired) electrons. The average molecular weight is 421 g/mol. The number of nitrogens with zero attached hydrogens (tertiary/aromatic N) is 3. The molecule has 0 aliphatic heterocycles. The van der Waals surface area contributed by atoms with Crippen LogP contribution >= 0.6 is 27.5 Å². The molecule has 126 valence electrons. The Bertz CT molecular complexity index is 921. The first-order chi connectivity index (χ1) is 12.0. The number of ether oxygens (including phenoxy) is 1. The number of amides is 1. The Kier molecular flexibility index (Phi) is 5.11. The van der Waals surface area contributed by atoms with Gasteiger partial charge < -0.3 is 15.8 Å². The summed E-state index contributed by atoms with van der Waals surface area (Å²) < 4.78 is 6.35. The number of carbonyl (C=O) groups excluding carboxylic acids is 1. The quantitative estimate of drug-likeness (QED) is 0.648. The predicted molar refractivity (Wildman–Crippen MR) is 97.3 cm³/mol. The number of hydrogen-bond donors (Lipinski definition) is 2. The Balaban J connectivity index is 1.77. The van der Waals surface area contributed by atoms with E-state index in [9.17, 15) is 4.79 Å². The fraction of sp³-hybridized carbons (Fsp3) is 0. The van der Waals surface area contributed by atoms with Crippen LogP contribution in [0.2, 0.25) is 5.02 Å². The molecule has 0 atom stereocenters. The lowest BCUT2D eigenvalue weighted by atomic mass is 10.2. The van der Waals surface area contributed by atoms with Gasteiger partial charge in [0.05, 0.1) is 15.1 Å². The van der Waals surface area contributed by atoms with Crippen LogP contribution in [-0.4, -0.2) is 20.9 Å². The van der Waals surface area contributed by atoms with Crippen LogP contribution in [0.3, 0.4) is 0 Å². The van der Waals surface area contributed by atoms with Gasteiger partial charge in [-0.15, -0.1) is 0 Å². The topological polar surface area (TPSA) is 103 Å². The van der Waals surface area contributed by atoms with E-state index in [0.717, 1.165) is 4.47 Å². The Morgan fingerprint density at radius 3 is 2.60 bits per heavy atom. The minimum Gasteiger partial charge on any atom is -0.424 e. The van der Waals surface area contributed by atoms with Crippen molar-refractivity contribution in [2.24, 2.45) is 5.73 Å². The molecule has 0 fully saturated rings. The maximum Gasteiger partial charge on any atom is 0.321 e. The van der Waals surface area contributed by atoms with Crippen molar-refractivity contribution in [3.8, 4) is 11.8 Å². The first-order valence-corrected chi connectivity index (χ1v) is 8.16. The van der Waals surface area contributed by atoms with Crippen LogP contribution in [0, 0.1) is 0 Å². The van der Waals surface area contributed by atoms with Crippen LogP contribution in [0.4, 0.5) is 11.5 Å². The fourth-order valence-electron chi connectivity index (χ4n) is 1.90. The number of carbonyl (C=O) groups is 1. The summed E-state index contributed by atoms with van der Waals surface area (Å²) in [5.41, 5.74) is 6.13. The summed E-state index contributed by atoms with van der Waals surface area (Å²) in [4.78, 5) is 23.3. The second-order valence-corrected chi connectivity index (χ2v) is 6.18. The van der Waals surface area contributed by atoms with Crippen molar-refractivity contribution in [1.82, 2.24) is 15.0 Å². The predicted octanol–water partition coefficient (Wildman–Crippen LogP) is 3.92. The third-order valence-electron chi connectivity index (χ3n) is 3.03. The second kappa shape index (κ2) is 7.45. The zero-order valence-electron chi connectivity index (χ0n) is 12.6. The summed E-state index contributed by atoms with van der Waals surface area (Å²) in [5, 5.41) is 3.33. The fourth-order valence-corrected chi connectivity index (χ4v) is 2.32. The maximum atomic E-state index is 11.1. The maximum absolute atomic E-state index is 11.1. The zero-order chi connectivity index (χ0) is 17.8. The third kappa shape index (κ3) is 4.43. The molecule has 3 aromatic rings. The van der Waals surface area contributed by atoms with Crippen molar-refractivity contribution in [3.05, 3.63) is 64.0 Å². The van der Waals surface area contributed by atoms with Crippen molar-refractivity contribution in [2.75, 3.05) is 5.32 Å². The van der Waals surface area contributed by atoms with Crippen LogP contribution in [0.25, 0.3) is 0 Å². The molecule has 0 saturated heterocycles. The van der Waals surface area contributed by atoms with Gasteiger partial charge in [-0.05, 0) is 34.1 Å². The third-order valence-corrected chi connectivity index (χ3v) is 3.73. The molecule has 3 rings (SSSR count). The zero-order valence-corrected chi connectivity index (χ0v) is 15.0. The summed E-state index contributed by atoms with van der Waals surface area (Å²) in [5.74, 6) is 0.340. The van der Waals surface area contributed by atoms with Gasteiger partial charge in [-0.2, -0.15) is 0 Å². The number of primary amides is 1. The molecule has 1 aromatic carbocycles. The number of rotatable bonds is 5. The molecule has 0 unspecified atom stereocenters. The first kappa shape index (κ1) is 17.1. The smallest absolute Gasteiger partial charge is 0.321 e. The van der Waals surface area contributed by atoms with Gasteiger partial charge in [0.1, 0.15) is 11.6 Å². The highest BCUT2D eigenvalue weighted by Crippen LogP contribution is 2.27. The van der Waals surface area contributed by atoms with E-state index in [1.54, 1.807) is 30.6 Å². The molecular formula is C16H11BrClN5O2. The van der Waals surface area contributed by atoms with Crippen molar-refractivity contribution in [2.45, 2.75) is 0 Å². The Labute approximate surface area is 156 Å². The average Bonchev–Trinajstić information content (AvgIpc) is 2.59. The highest BCUT2D eigenvalue weighted by Gasteiger charge is 2.08. The second-order valence-electron chi connectivity index (χ2n) is 4.86. The van der Waals surface area contributed by atoms with Crippen LogP contribution in [0.1, 0.15) is 10.4 Å². The summed E-state index contributed by atoms with van der Waals surface area (Å²) in [6.07, 6.45) is 4.54. The number of aromatic nitrogens is 3. The van der Waals surface area contributed by atoms with E-state index in [1.807, 2.05) is 6.07 Å². The SMILES string of the molecule is NC(=O)c1cnc(Nc2cccc(Oc3ncc(Br)cn3)c2)c(Cl)c1. The van der Waals surface area contributed by atoms with Gasteiger partial charge in [-0.25, -0.2) is 15.0 Å². The molecule has 3 N–H and O–H groups in total. The molecule has 0 bridgehead atoms. The van der Waals surface area contributed by atoms with Crippen molar-refractivity contribution < 1.29 is 9.53 Å². The van der Waals surface area contributed by atoms with E-state index in [2.05, 4.69) is 36.2 Å². The largest absolute Gasteiger partial charge is 0.424 e. The number of halogens is 2. The minimum absolute atomic E-state index is 0.224. The Hall–Kier alpha value is -2.71. The van der Waals surface area contributed by atoms with Crippen molar-refractivity contribution >= 4 is 44.9 Å².